The Labute approximate surface area is 119 Å². The summed E-state index contributed by atoms with van der Waals surface area (Å²) >= 11 is 0. The van der Waals surface area contributed by atoms with Crippen molar-refractivity contribution < 1.29 is 9.84 Å². The molecule has 0 amide bonds. The van der Waals surface area contributed by atoms with E-state index in [0.717, 1.165) is 30.0 Å². The van der Waals surface area contributed by atoms with Gasteiger partial charge in [0.25, 0.3) is 0 Å². The van der Waals surface area contributed by atoms with Crippen LogP contribution in [0.15, 0.2) is 42.7 Å². The number of aromatic nitrogens is 1. The second-order valence-electron chi connectivity index (χ2n) is 4.83. The summed E-state index contributed by atoms with van der Waals surface area (Å²) in [6, 6.07) is 9.80. The third-order valence-electron chi connectivity index (χ3n) is 3.17. The van der Waals surface area contributed by atoms with Gasteiger partial charge in [-0.1, -0.05) is 6.07 Å². The number of nitrogens with zero attached hydrogens (tertiary/aromatic N) is 2. The highest BCUT2D eigenvalue weighted by atomic mass is 16.5. The molecule has 2 aromatic rings. The molecule has 0 bridgehead atoms. The van der Waals surface area contributed by atoms with Gasteiger partial charge in [0, 0.05) is 31.0 Å². The first-order chi connectivity index (χ1) is 9.72. The van der Waals surface area contributed by atoms with Gasteiger partial charge in [0.05, 0.1) is 13.7 Å². The van der Waals surface area contributed by atoms with Crippen LogP contribution >= 0.6 is 0 Å². The van der Waals surface area contributed by atoms with Crippen LogP contribution in [0.5, 0.6) is 5.75 Å². The minimum Gasteiger partial charge on any atom is -0.496 e. The van der Waals surface area contributed by atoms with Gasteiger partial charge >= 0.3 is 0 Å². The number of aliphatic hydroxyl groups is 1. The van der Waals surface area contributed by atoms with Crippen molar-refractivity contribution >= 4 is 0 Å². The fraction of sp³-hybridized carbons (Fsp3) is 0.312. The van der Waals surface area contributed by atoms with E-state index in [1.807, 2.05) is 30.3 Å². The molecule has 0 aliphatic rings. The van der Waals surface area contributed by atoms with Crippen molar-refractivity contribution in [2.75, 3.05) is 14.2 Å². The molecule has 1 N–H and O–H groups in total. The zero-order valence-electron chi connectivity index (χ0n) is 11.9. The Hall–Kier alpha value is -1.91. The maximum Gasteiger partial charge on any atom is 0.123 e. The molecule has 1 aromatic carbocycles. The van der Waals surface area contributed by atoms with Gasteiger partial charge in [-0.25, -0.2) is 0 Å². The second kappa shape index (κ2) is 7.03. The summed E-state index contributed by atoms with van der Waals surface area (Å²) in [4.78, 5) is 6.22. The summed E-state index contributed by atoms with van der Waals surface area (Å²) < 4.78 is 5.38. The Morgan fingerprint density at radius 3 is 2.50 bits per heavy atom. The zero-order chi connectivity index (χ0) is 14.4. The summed E-state index contributed by atoms with van der Waals surface area (Å²) in [5.74, 6) is 0.851. The van der Waals surface area contributed by atoms with Crippen molar-refractivity contribution in [2.45, 2.75) is 19.7 Å². The third-order valence-corrected chi connectivity index (χ3v) is 3.17. The highest BCUT2D eigenvalue weighted by molar-refractivity contribution is 5.37. The third kappa shape index (κ3) is 3.79. The number of hydrogen-bond acceptors (Lipinski definition) is 4. The Bertz CT molecular complexity index is 543. The standard InChI is InChI=1S/C16H20N2O2/c1-18(10-13-5-7-17-8-6-13)11-15-9-14(12-19)3-4-16(15)20-2/h3-9,19H,10-12H2,1-2H3. The van der Waals surface area contributed by atoms with Crippen molar-refractivity contribution in [3.05, 3.63) is 59.4 Å². The molecule has 0 radical (unpaired) electrons. The van der Waals surface area contributed by atoms with Gasteiger partial charge in [-0.15, -0.1) is 0 Å². The molecule has 106 valence electrons. The lowest BCUT2D eigenvalue weighted by Crippen LogP contribution is -2.17. The molecule has 1 heterocycles. The van der Waals surface area contributed by atoms with Crippen molar-refractivity contribution in [1.29, 1.82) is 0 Å². The van der Waals surface area contributed by atoms with Crippen LogP contribution in [0, 0.1) is 0 Å². The maximum absolute atomic E-state index is 9.23. The molecule has 0 fully saturated rings. The van der Waals surface area contributed by atoms with Crippen molar-refractivity contribution in [2.24, 2.45) is 0 Å². The Kier molecular flexibility index (Phi) is 5.09. The lowest BCUT2D eigenvalue weighted by molar-refractivity contribution is 0.280. The highest BCUT2D eigenvalue weighted by Gasteiger charge is 2.08. The molecule has 0 saturated carbocycles. The molecule has 0 atom stereocenters. The monoisotopic (exact) mass is 272 g/mol. The van der Waals surface area contributed by atoms with Gasteiger partial charge in [0.15, 0.2) is 0 Å². The number of ether oxygens (including phenoxy) is 1. The maximum atomic E-state index is 9.23. The molecule has 0 unspecified atom stereocenters. The van der Waals surface area contributed by atoms with Crippen molar-refractivity contribution in [3.63, 3.8) is 0 Å². The fourth-order valence-corrected chi connectivity index (χ4v) is 2.20. The van der Waals surface area contributed by atoms with Crippen LogP contribution in [0.4, 0.5) is 0 Å². The van der Waals surface area contributed by atoms with Crippen LogP contribution in [-0.4, -0.2) is 29.1 Å². The first kappa shape index (κ1) is 14.5. The predicted octanol–water partition coefficient (Wildman–Crippen LogP) is 2.21. The summed E-state index contributed by atoms with van der Waals surface area (Å²) in [5, 5.41) is 9.23. The van der Waals surface area contributed by atoms with Crippen LogP contribution in [0.25, 0.3) is 0 Å². The van der Waals surface area contributed by atoms with Gasteiger partial charge in [-0.05, 0) is 42.4 Å². The molecule has 1 aromatic heterocycles. The quantitative estimate of drug-likeness (QED) is 0.876. The molecule has 0 saturated heterocycles. The molecule has 0 aliphatic carbocycles. The molecule has 4 heteroatoms. The number of rotatable bonds is 6. The summed E-state index contributed by atoms with van der Waals surface area (Å²) in [6.07, 6.45) is 3.60. The fourth-order valence-electron chi connectivity index (χ4n) is 2.20. The van der Waals surface area contributed by atoms with Gasteiger partial charge in [0.2, 0.25) is 0 Å². The average Bonchev–Trinajstić information content (AvgIpc) is 2.48. The van der Waals surface area contributed by atoms with E-state index >= 15 is 0 Å². The first-order valence-electron chi connectivity index (χ1n) is 6.57. The number of benzene rings is 1. The Morgan fingerprint density at radius 2 is 1.85 bits per heavy atom. The van der Waals surface area contributed by atoms with Crippen molar-refractivity contribution in [1.82, 2.24) is 9.88 Å². The zero-order valence-corrected chi connectivity index (χ0v) is 11.9. The molecule has 0 spiro atoms. The largest absolute Gasteiger partial charge is 0.496 e. The molecule has 2 rings (SSSR count). The average molecular weight is 272 g/mol. The van der Waals surface area contributed by atoms with E-state index < -0.39 is 0 Å². The Morgan fingerprint density at radius 1 is 1.10 bits per heavy atom. The second-order valence-corrected chi connectivity index (χ2v) is 4.83. The lowest BCUT2D eigenvalue weighted by Gasteiger charge is -2.19. The molecular weight excluding hydrogens is 252 g/mol. The SMILES string of the molecule is COc1ccc(CO)cc1CN(C)Cc1ccncc1. The van der Waals surface area contributed by atoms with E-state index in [2.05, 4.69) is 16.9 Å². The van der Waals surface area contributed by atoms with Crippen LogP contribution in [0.2, 0.25) is 0 Å². The summed E-state index contributed by atoms with van der Waals surface area (Å²) in [7, 11) is 3.73. The van der Waals surface area contributed by atoms with Crippen LogP contribution < -0.4 is 4.74 Å². The Balaban J connectivity index is 2.08. The van der Waals surface area contributed by atoms with Crippen molar-refractivity contribution in [3.8, 4) is 5.75 Å². The number of methoxy groups -OCH3 is 1. The van der Waals surface area contributed by atoms with Crippen LogP contribution in [0.1, 0.15) is 16.7 Å². The number of hydrogen-bond donors (Lipinski definition) is 1. The van der Waals surface area contributed by atoms with Gasteiger partial charge in [-0.2, -0.15) is 0 Å². The van der Waals surface area contributed by atoms with E-state index in [9.17, 15) is 5.11 Å². The summed E-state index contributed by atoms with van der Waals surface area (Å²) in [6.45, 7) is 1.65. The van der Waals surface area contributed by atoms with E-state index in [4.69, 9.17) is 4.74 Å². The lowest BCUT2D eigenvalue weighted by atomic mass is 10.1. The molecule has 4 nitrogen and oxygen atoms in total. The number of pyridine rings is 1. The number of aliphatic hydroxyl groups excluding tert-OH is 1. The van der Waals surface area contributed by atoms with Gasteiger partial charge in [0.1, 0.15) is 5.75 Å². The first-order valence-corrected chi connectivity index (χ1v) is 6.57. The normalized spacial score (nSPS) is 10.8. The molecule has 20 heavy (non-hydrogen) atoms. The van der Waals surface area contributed by atoms with E-state index in [1.54, 1.807) is 19.5 Å². The smallest absolute Gasteiger partial charge is 0.123 e. The topological polar surface area (TPSA) is 45.6 Å². The minimum atomic E-state index is 0.0467. The van der Waals surface area contributed by atoms with Gasteiger partial charge in [-0.3, -0.25) is 9.88 Å². The predicted molar refractivity (Wildman–Crippen MR) is 78.3 cm³/mol. The molecule has 0 aliphatic heterocycles. The minimum absolute atomic E-state index is 0.0467. The van der Waals surface area contributed by atoms with Crippen LogP contribution in [0.3, 0.4) is 0 Å². The molecular formula is C16H20N2O2. The van der Waals surface area contributed by atoms with E-state index in [-0.39, 0.29) is 6.61 Å². The van der Waals surface area contributed by atoms with E-state index in [1.165, 1.54) is 5.56 Å². The van der Waals surface area contributed by atoms with E-state index in [0.29, 0.717) is 0 Å². The van der Waals surface area contributed by atoms with Crippen LogP contribution in [-0.2, 0) is 19.7 Å². The highest BCUT2D eigenvalue weighted by Crippen LogP contribution is 2.22. The van der Waals surface area contributed by atoms with Gasteiger partial charge < -0.3 is 9.84 Å². The summed E-state index contributed by atoms with van der Waals surface area (Å²) in [5.41, 5.74) is 3.20.